The highest BCUT2D eigenvalue weighted by Gasteiger charge is 2.21. The Hall–Kier alpha value is -2.24. The van der Waals surface area contributed by atoms with Gasteiger partial charge in [-0.2, -0.15) is 0 Å². The molecule has 5 nitrogen and oxygen atoms in total. The van der Waals surface area contributed by atoms with Crippen molar-refractivity contribution in [1.82, 2.24) is 4.90 Å². The molecule has 1 saturated heterocycles. The standard InChI is InChI=1S/C20H24ClN3O2/c1-3-23-10-12-24(13-11-23)19-17(21)8-5-9-18(19)22-20(25)15-6-4-7-16(14-15)26-2/h4-9,14H,3,10-13H2,1-2H3,(H,22,25). The zero-order valence-electron chi connectivity index (χ0n) is 15.2. The number of halogens is 1. The van der Waals surface area contributed by atoms with Crippen LogP contribution in [0.5, 0.6) is 5.75 Å². The number of likely N-dealkylation sites (N-methyl/N-ethyl adjacent to an activating group) is 1. The molecule has 0 aromatic heterocycles. The summed E-state index contributed by atoms with van der Waals surface area (Å²) in [6.45, 7) is 6.98. The summed E-state index contributed by atoms with van der Waals surface area (Å²) in [5, 5.41) is 3.66. The second-order valence-corrected chi connectivity index (χ2v) is 6.65. The van der Waals surface area contributed by atoms with Gasteiger partial charge in [0.2, 0.25) is 0 Å². The summed E-state index contributed by atoms with van der Waals surface area (Å²) in [5.41, 5.74) is 2.17. The van der Waals surface area contributed by atoms with Gasteiger partial charge < -0.3 is 19.9 Å². The molecule has 3 rings (SSSR count). The molecule has 0 bridgehead atoms. The fourth-order valence-corrected chi connectivity index (χ4v) is 3.48. The quantitative estimate of drug-likeness (QED) is 0.867. The average molecular weight is 374 g/mol. The van der Waals surface area contributed by atoms with E-state index in [1.165, 1.54) is 0 Å². The Labute approximate surface area is 159 Å². The van der Waals surface area contributed by atoms with Gasteiger partial charge in [0.1, 0.15) is 5.75 Å². The number of carbonyl (C=O) groups excluding carboxylic acids is 1. The zero-order chi connectivity index (χ0) is 18.5. The lowest BCUT2D eigenvalue weighted by molar-refractivity contribution is 0.102. The molecule has 1 amide bonds. The highest BCUT2D eigenvalue weighted by molar-refractivity contribution is 6.34. The summed E-state index contributed by atoms with van der Waals surface area (Å²) in [6, 6.07) is 12.7. The van der Waals surface area contributed by atoms with Gasteiger partial charge in [0.15, 0.2) is 0 Å². The van der Waals surface area contributed by atoms with E-state index < -0.39 is 0 Å². The third-order valence-corrected chi connectivity index (χ3v) is 5.01. The monoisotopic (exact) mass is 373 g/mol. The number of ether oxygens (including phenoxy) is 1. The fraction of sp³-hybridized carbons (Fsp3) is 0.350. The number of nitrogens with zero attached hydrogens (tertiary/aromatic N) is 2. The van der Waals surface area contributed by atoms with Gasteiger partial charge in [-0.15, -0.1) is 0 Å². The first kappa shape index (κ1) is 18.5. The summed E-state index contributed by atoms with van der Waals surface area (Å²) in [4.78, 5) is 17.3. The molecule has 2 aromatic rings. The zero-order valence-corrected chi connectivity index (χ0v) is 15.9. The number of methoxy groups -OCH3 is 1. The van der Waals surface area contributed by atoms with Crippen molar-refractivity contribution in [2.24, 2.45) is 0 Å². The molecule has 2 aromatic carbocycles. The van der Waals surface area contributed by atoms with Gasteiger partial charge >= 0.3 is 0 Å². The van der Waals surface area contributed by atoms with E-state index >= 15 is 0 Å². The third-order valence-electron chi connectivity index (χ3n) is 4.70. The van der Waals surface area contributed by atoms with Gasteiger partial charge in [0.05, 0.1) is 23.5 Å². The maximum absolute atomic E-state index is 12.7. The molecule has 0 aliphatic carbocycles. The molecular formula is C20H24ClN3O2. The van der Waals surface area contributed by atoms with E-state index in [1.807, 2.05) is 24.3 Å². The van der Waals surface area contributed by atoms with Crippen LogP contribution in [0.2, 0.25) is 5.02 Å². The third kappa shape index (κ3) is 4.11. The predicted molar refractivity (Wildman–Crippen MR) is 107 cm³/mol. The smallest absolute Gasteiger partial charge is 0.255 e. The van der Waals surface area contributed by atoms with Crippen molar-refractivity contribution in [3.63, 3.8) is 0 Å². The highest BCUT2D eigenvalue weighted by atomic mass is 35.5. The van der Waals surface area contributed by atoms with Gasteiger partial charge in [0, 0.05) is 31.7 Å². The number of hydrogen-bond acceptors (Lipinski definition) is 4. The van der Waals surface area contributed by atoms with E-state index in [0.29, 0.717) is 16.3 Å². The minimum atomic E-state index is -0.181. The lowest BCUT2D eigenvalue weighted by Gasteiger charge is -2.36. The summed E-state index contributed by atoms with van der Waals surface area (Å²) in [7, 11) is 1.59. The number of anilines is 2. The molecule has 138 valence electrons. The van der Waals surface area contributed by atoms with Crippen molar-refractivity contribution in [1.29, 1.82) is 0 Å². The Morgan fingerprint density at radius 1 is 1.15 bits per heavy atom. The van der Waals surface area contributed by atoms with Crippen LogP contribution in [0, 0.1) is 0 Å². The highest BCUT2D eigenvalue weighted by Crippen LogP contribution is 2.35. The van der Waals surface area contributed by atoms with Crippen LogP contribution >= 0.6 is 11.6 Å². The molecule has 0 radical (unpaired) electrons. The molecule has 1 aliphatic heterocycles. The molecule has 0 saturated carbocycles. The molecule has 0 spiro atoms. The number of piperazine rings is 1. The molecule has 26 heavy (non-hydrogen) atoms. The minimum absolute atomic E-state index is 0.181. The van der Waals surface area contributed by atoms with Crippen LogP contribution < -0.4 is 15.0 Å². The van der Waals surface area contributed by atoms with Gasteiger partial charge in [-0.3, -0.25) is 4.79 Å². The van der Waals surface area contributed by atoms with Crippen LogP contribution in [0.3, 0.4) is 0 Å². The van der Waals surface area contributed by atoms with E-state index in [1.54, 1.807) is 25.3 Å². The van der Waals surface area contributed by atoms with E-state index in [4.69, 9.17) is 16.3 Å². The van der Waals surface area contributed by atoms with Crippen molar-refractivity contribution in [2.75, 3.05) is 50.1 Å². The van der Waals surface area contributed by atoms with Crippen molar-refractivity contribution in [2.45, 2.75) is 6.92 Å². The van der Waals surface area contributed by atoms with Crippen LogP contribution in [0.25, 0.3) is 0 Å². The van der Waals surface area contributed by atoms with E-state index in [9.17, 15) is 4.79 Å². The minimum Gasteiger partial charge on any atom is -0.497 e. The van der Waals surface area contributed by atoms with Gasteiger partial charge in [-0.05, 0) is 36.9 Å². The van der Waals surface area contributed by atoms with Crippen LogP contribution in [-0.4, -0.2) is 50.6 Å². The Kier molecular flexibility index (Phi) is 6.01. The largest absolute Gasteiger partial charge is 0.497 e. The first-order valence-corrected chi connectivity index (χ1v) is 9.21. The van der Waals surface area contributed by atoms with Gasteiger partial charge in [-0.25, -0.2) is 0 Å². The molecule has 1 fully saturated rings. The second kappa shape index (κ2) is 8.43. The van der Waals surface area contributed by atoms with E-state index in [0.717, 1.165) is 44.1 Å². The van der Waals surface area contributed by atoms with Crippen LogP contribution in [0.1, 0.15) is 17.3 Å². The lowest BCUT2D eigenvalue weighted by atomic mass is 10.1. The molecule has 6 heteroatoms. The summed E-state index contributed by atoms with van der Waals surface area (Å²) >= 11 is 6.48. The molecule has 1 aliphatic rings. The number of amides is 1. The van der Waals surface area contributed by atoms with E-state index in [2.05, 4.69) is 22.0 Å². The summed E-state index contributed by atoms with van der Waals surface area (Å²) in [5.74, 6) is 0.472. The Morgan fingerprint density at radius 2 is 1.88 bits per heavy atom. The molecule has 0 atom stereocenters. The average Bonchev–Trinajstić information content (AvgIpc) is 2.68. The van der Waals surface area contributed by atoms with Crippen molar-refractivity contribution >= 4 is 28.9 Å². The number of benzene rings is 2. The number of para-hydroxylation sites is 1. The number of rotatable bonds is 5. The Balaban J connectivity index is 1.82. The maximum Gasteiger partial charge on any atom is 0.255 e. The molecule has 1 N–H and O–H groups in total. The van der Waals surface area contributed by atoms with Crippen LogP contribution in [0.4, 0.5) is 11.4 Å². The van der Waals surface area contributed by atoms with Gasteiger partial charge in [0.25, 0.3) is 5.91 Å². The molecular weight excluding hydrogens is 350 g/mol. The maximum atomic E-state index is 12.7. The normalized spacial score (nSPS) is 15.0. The molecule has 0 unspecified atom stereocenters. The SMILES string of the molecule is CCN1CCN(c2c(Cl)cccc2NC(=O)c2cccc(OC)c2)CC1. The summed E-state index contributed by atoms with van der Waals surface area (Å²) < 4.78 is 5.20. The van der Waals surface area contributed by atoms with Crippen LogP contribution in [-0.2, 0) is 0 Å². The Bertz CT molecular complexity index is 773. The first-order valence-electron chi connectivity index (χ1n) is 8.83. The number of carbonyl (C=O) groups is 1. The predicted octanol–water partition coefficient (Wildman–Crippen LogP) is 3.74. The van der Waals surface area contributed by atoms with Crippen molar-refractivity contribution in [3.05, 3.63) is 53.1 Å². The van der Waals surface area contributed by atoms with Crippen LogP contribution in [0.15, 0.2) is 42.5 Å². The number of hydrogen-bond donors (Lipinski definition) is 1. The molecule has 1 heterocycles. The second-order valence-electron chi connectivity index (χ2n) is 6.24. The Morgan fingerprint density at radius 3 is 2.58 bits per heavy atom. The van der Waals surface area contributed by atoms with Crippen molar-refractivity contribution < 1.29 is 9.53 Å². The number of nitrogens with one attached hydrogen (secondary N) is 1. The van der Waals surface area contributed by atoms with E-state index in [-0.39, 0.29) is 5.91 Å². The van der Waals surface area contributed by atoms with Gasteiger partial charge in [-0.1, -0.05) is 30.7 Å². The topological polar surface area (TPSA) is 44.8 Å². The summed E-state index contributed by atoms with van der Waals surface area (Å²) in [6.07, 6.45) is 0. The fourth-order valence-electron chi connectivity index (χ4n) is 3.18. The first-order chi connectivity index (χ1) is 12.6. The van der Waals surface area contributed by atoms with Crippen molar-refractivity contribution in [3.8, 4) is 5.75 Å². The lowest BCUT2D eigenvalue weighted by Crippen LogP contribution is -2.46.